The number of thiazole rings is 1. The maximum absolute atomic E-state index is 14.2. The van der Waals surface area contributed by atoms with E-state index in [-0.39, 0.29) is 10.6 Å². The minimum absolute atomic E-state index is 0.258. The Hall–Kier alpha value is -2.85. The molecule has 26 heavy (non-hydrogen) atoms. The molecule has 3 aromatic rings. The van der Waals surface area contributed by atoms with E-state index in [0.717, 1.165) is 17.4 Å². The standard InChI is InChI=1S/C16H14FN3O5S/c1-2-24-9-8-19-14-10(17)4-3-5-12(14)26-16(19)18-15(21)11-6-7-13(25-11)20(22)23/h3-7H,2,8-9H2,1H3. The number of fused-ring (bicyclic) bond motifs is 1. The lowest BCUT2D eigenvalue weighted by Gasteiger charge is -2.05. The number of rotatable bonds is 6. The Morgan fingerprint density at radius 1 is 1.42 bits per heavy atom. The number of carbonyl (C=O) groups is 1. The van der Waals surface area contributed by atoms with Crippen LogP contribution in [-0.2, 0) is 11.3 Å². The maximum atomic E-state index is 14.2. The summed E-state index contributed by atoms with van der Waals surface area (Å²) in [5.74, 6) is -2.02. The molecule has 8 nitrogen and oxygen atoms in total. The smallest absolute Gasteiger partial charge is 0.395 e. The van der Waals surface area contributed by atoms with Crippen LogP contribution >= 0.6 is 11.3 Å². The topological polar surface area (TPSA) is 99.9 Å². The third-order valence-corrected chi connectivity index (χ3v) is 4.54. The normalized spacial score (nSPS) is 12.0. The van der Waals surface area contributed by atoms with Gasteiger partial charge in [0.15, 0.2) is 4.80 Å². The van der Waals surface area contributed by atoms with Crippen molar-refractivity contribution in [3.63, 3.8) is 0 Å². The van der Waals surface area contributed by atoms with E-state index in [2.05, 4.69) is 4.99 Å². The van der Waals surface area contributed by atoms with Crippen LogP contribution in [0.15, 0.2) is 39.7 Å². The van der Waals surface area contributed by atoms with Gasteiger partial charge >= 0.3 is 11.8 Å². The van der Waals surface area contributed by atoms with Crippen LogP contribution in [0.25, 0.3) is 10.2 Å². The average Bonchev–Trinajstić information content (AvgIpc) is 3.21. The van der Waals surface area contributed by atoms with Crippen LogP contribution in [0.4, 0.5) is 10.3 Å². The molecule has 0 saturated heterocycles. The Morgan fingerprint density at radius 3 is 2.92 bits per heavy atom. The van der Waals surface area contributed by atoms with E-state index in [1.807, 2.05) is 6.92 Å². The van der Waals surface area contributed by atoms with Gasteiger partial charge in [-0.15, -0.1) is 0 Å². The number of ether oxygens (including phenoxy) is 1. The molecule has 0 saturated carbocycles. The van der Waals surface area contributed by atoms with Gasteiger partial charge in [-0.1, -0.05) is 17.4 Å². The number of carbonyl (C=O) groups excluding carboxylic acids is 1. The summed E-state index contributed by atoms with van der Waals surface area (Å²) in [5, 5.41) is 10.7. The lowest BCUT2D eigenvalue weighted by molar-refractivity contribution is -0.402. The zero-order valence-corrected chi connectivity index (χ0v) is 14.5. The molecule has 136 valence electrons. The van der Waals surface area contributed by atoms with Crippen molar-refractivity contribution in [3.05, 3.63) is 56.8 Å². The average molecular weight is 379 g/mol. The van der Waals surface area contributed by atoms with Crippen molar-refractivity contribution < 1.29 is 23.3 Å². The molecule has 0 unspecified atom stereocenters. The van der Waals surface area contributed by atoms with Crippen molar-refractivity contribution in [3.8, 4) is 0 Å². The first-order valence-corrected chi connectivity index (χ1v) is 8.51. The molecule has 0 aliphatic rings. The molecule has 0 fully saturated rings. The van der Waals surface area contributed by atoms with Gasteiger partial charge in [0.1, 0.15) is 10.7 Å². The predicted molar refractivity (Wildman–Crippen MR) is 91.5 cm³/mol. The summed E-state index contributed by atoms with van der Waals surface area (Å²) < 4.78 is 26.6. The quantitative estimate of drug-likeness (QED) is 0.372. The van der Waals surface area contributed by atoms with Gasteiger partial charge in [0.2, 0.25) is 5.76 Å². The third kappa shape index (κ3) is 3.55. The monoisotopic (exact) mass is 379 g/mol. The molecule has 10 heteroatoms. The molecule has 0 spiro atoms. The molecule has 0 N–H and O–H groups in total. The van der Waals surface area contributed by atoms with Gasteiger partial charge in [-0.3, -0.25) is 14.9 Å². The summed E-state index contributed by atoms with van der Waals surface area (Å²) in [6.45, 7) is 2.98. The molecule has 0 bridgehead atoms. The number of aromatic nitrogens is 1. The summed E-state index contributed by atoms with van der Waals surface area (Å²) in [6.07, 6.45) is 0. The van der Waals surface area contributed by atoms with Crippen molar-refractivity contribution >= 4 is 33.3 Å². The highest BCUT2D eigenvalue weighted by atomic mass is 32.1. The Morgan fingerprint density at radius 2 is 2.23 bits per heavy atom. The van der Waals surface area contributed by atoms with Crippen molar-refractivity contribution in [2.75, 3.05) is 13.2 Å². The number of para-hydroxylation sites is 1. The molecular weight excluding hydrogens is 365 g/mol. The fourth-order valence-electron chi connectivity index (χ4n) is 2.36. The van der Waals surface area contributed by atoms with Crippen molar-refractivity contribution in [1.82, 2.24) is 4.57 Å². The highest BCUT2D eigenvalue weighted by Gasteiger charge is 2.18. The number of halogens is 1. The van der Waals surface area contributed by atoms with Gasteiger partial charge in [0.05, 0.1) is 22.9 Å². The van der Waals surface area contributed by atoms with Crippen LogP contribution in [0.5, 0.6) is 0 Å². The van der Waals surface area contributed by atoms with E-state index in [4.69, 9.17) is 9.15 Å². The zero-order valence-electron chi connectivity index (χ0n) is 13.7. The Balaban J connectivity index is 2.05. The Labute approximate surface area is 150 Å². The third-order valence-electron chi connectivity index (χ3n) is 3.49. The van der Waals surface area contributed by atoms with E-state index in [1.54, 1.807) is 16.7 Å². The van der Waals surface area contributed by atoms with E-state index in [1.165, 1.54) is 12.1 Å². The molecule has 0 aliphatic carbocycles. The number of nitro groups is 1. The molecule has 0 radical (unpaired) electrons. The summed E-state index contributed by atoms with van der Waals surface area (Å²) in [5.41, 5.74) is 0.328. The van der Waals surface area contributed by atoms with Gasteiger partial charge in [0.25, 0.3) is 0 Å². The predicted octanol–water partition coefficient (Wildman–Crippen LogP) is 3.12. The second-order valence-corrected chi connectivity index (χ2v) is 6.14. The fourth-order valence-corrected chi connectivity index (χ4v) is 3.43. The van der Waals surface area contributed by atoms with E-state index in [0.29, 0.717) is 30.0 Å². The molecule has 0 aliphatic heterocycles. The van der Waals surface area contributed by atoms with E-state index < -0.39 is 22.5 Å². The molecule has 1 amide bonds. The number of amides is 1. The van der Waals surface area contributed by atoms with Crippen molar-refractivity contribution in [1.29, 1.82) is 0 Å². The molecule has 3 rings (SSSR count). The van der Waals surface area contributed by atoms with Gasteiger partial charge in [0, 0.05) is 13.2 Å². The van der Waals surface area contributed by atoms with Gasteiger partial charge < -0.3 is 13.7 Å². The molecule has 2 heterocycles. The van der Waals surface area contributed by atoms with Crippen molar-refractivity contribution in [2.24, 2.45) is 4.99 Å². The minimum Gasteiger partial charge on any atom is -0.395 e. The summed E-state index contributed by atoms with van der Waals surface area (Å²) in [6, 6.07) is 6.89. The number of nitrogens with zero attached hydrogens (tertiary/aromatic N) is 3. The van der Waals surface area contributed by atoms with Crippen LogP contribution in [0.3, 0.4) is 0 Å². The lowest BCUT2D eigenvalue weighted by atomic mass is 10.3. The van der Waals surface area contributed by atoms with Crippen LogP contribution < -0.4 is 4.80 Å². The molecule has 1 aromatic carbocycles. The molecule has 0 atom stereocenters. The molecular formula is C16H14FN3O5S. The largest absolute Gasteiger partial charge is 0.433 e. The second kappa shape index (κ2) is 7.58. The lowest BCUT2D eigenvalue weighted by Crippen LogP contribution is -2.20. The van der Waals surface area contributed by atoms with E-state index in [9.17, 15) is 19.3 Å². The summed E-state index contributed by atoms with van der Waals surface area (Å²) >= 11 is 1.14. The first-order chi connectivity index (χ1) is 12.5. The Bertz CT molecular complexity index is 1040. The van der Waals surface area contributed by atoms with Crippen LogP contribution in [-0.4, -0.2) is 28.6 Å². The first kappa shape index (κ1) is 18.0. The highest BCUT2D eigenvalue weighted by Crippen LogP contribution is 2.21. The SMILES string of the molecule is CCOCCn1c(=NC(=O)c2ccc([N+](=O)[O-])o2)sc2cccc(F)c21. The number of benzene rings is 1. The highest BCUT2D eigenvalue weighted by molar-refractivity contribution is 7.16. The summed E-state index contributed by atoms with van der Waals surface area (Å²) in [7, 11) is 0. The van der Waals surface area contributed by atoms with E-state index >= 15 is 0 Å². The van der Waals surface area contributed by atoms with Crippen LogP contribution in [0.2, 0.25) is 0 Å². The zero-order chi connectivity index (χ0) is 18.7. The van der Waals surface area contributed by atoms with Crippen LogP contribution in [0.1, 0.15) is 17.5 Å². The van der Waals surface area contributed by atoms with Gasteiger partial charge in [-0.2, -0.15) is 4.99 Å². The number of hydrogen-bond donors (Lipinski definition) is 0. The fraction of sp³-hybridized carbons (Fsp3) is 0.250. The summed E-state index contributed by atoms with van der Waals surface area (Å²) in [4.78, 5) is 26.4. The maximum Gasteiger partial charge on any atom is 0.433 e. The van der Waals surface area contributed by atoms with Crippen molar-refractivity contribution in [2.45, 2.75) is 13.5 Å². The second-order valence-electron chi connectivity index (χ2n) is 5.13. The van der Waals surface area contributed by atoms with Gasteiger partial charge in [-0.25, -0.2) is 4.39 Å². The van der Waals surface area contributed by atoms with Crippen LogP contribution in [0, 0.1) is 15.9 Å². The molecule has 2 aromatic heterocycles. The first-order valence-electron chi connectivity index (χ1n) is 7.70. The number of furan rings is 1. The minimum atomic E-state index is -0.782. The Kier molecular flexibility index (Phi) is 5.24. The number of hydrogen-bond acceptors (Lipinski definition) is 6. The van der Waals surface area contributed by atoms with Gasteiger partial charge in [-0.05, 0) is 25.1 Å².